The van der Waals surface area contributed by atoms with Gasteiger partial charge < -0.3 is 19.9 Å². The topological polar surface area (TPSA) is 141 Å². The van der Waals surface area contributed by atoms with Gasteiger partial charge in [-0.15, -0.1) is 4.36 Å². The predicted molar refractivity (Wildman–Crippen MR) is 117 cm³/mol. The lowest BCUT2D eigenvalue weighted by atomic mass is 9.98. The van der Waals surface area contributed by atoms with Crippen molar-refractivity contribution < 1.29 is 23.6 Å². The Labute approximate surface area is 186 Å². The van der Waals surface area contributed by atoms with Crippen LogP contribution in [0, 0.1) is 0 Å². The highest BCUT2D eigenvalue weighted by molar-refractivity contribution is 7.91. The minimum absolute atomic E-state index is 0.0848. The molecule has 1 aromatic carbocycles. The number of aryl methyl sites for hydroxylation is 1. The number of nitrogens with one attached hydrogen (secondary N) is 1. The van der Waals surface area contributed by atoms with E-state index in [-0.39, 0.29) is 23.5 Å². The van der Waals surface area contributed by atoms with Crippen molar-refractivity contribution in [3.05, 3.63) is 34.5 Å². The van der Waals surface area contributed by atoms with Crippen molar-refractivity contribution in [1.82, 2.24) is 9.78 Å². The second-order valence-electron chi connectivity index (χ2n) is 8.34. The van der Waals surface area contributed by atoms with Crippen molar-refractivity contribution in [2.75, 3.05) is 18.5 Å². The number of aromatic nitrogens is 2. The Morgan fingerprint density at radius 2 is 2.28 bits per heavy atom. The second kappa shape index (κ2) is 8.14. The number of nitrogens with zero attached hydrogens (tertiary/aromatic N) is 3. The van der Waals surface area contributed by atoms with Crippen LogP contribution in [0.5, 0.6) is 5.88 Å². The largest absolute Gasteiger partial charge is 0.474 e. The summed E-state index contributed by atoms with van der Waals surface area (Å²) in [5.41, 5.74) is 4.67. The summed E-state index contributed by atoms with van der Waals surface area (Å²) in [4.78, 5) is 12.9. The average Bonchev–Trinajstić information content (AvgIpc) is 3.46. The van der Waals surface area contributed by atoms with Crippen LogP contribution in [0.25, 0.3) is 0 Å². The number of carbonyl (C=O) groups excluding carboxylic acids is 1. The van der Waals surface area contributed by atoms with Gasteiger partial charge in [-0.2, -0.15) is 5.10 Å². The van der Waals surface area contributed by atoms with Gasteiger partial charge in [0.15, 0.2) is 9.92 Å². The first-order valence-electron chi connectivity index (χ1n) is 10.9. The molecular weight excluding hydrogens is 434 g/mol. The minimum atomic E-state index is -3.58. The first-order valence-corrected chi connectivity index (χ1v) is 12.5. The van der Waals surface area contributed by atoms with Crippen molar-refractivity contribution in [2.24, 2.45) is 9.50 Å². The van der Waals surface area contributed by atoms with E-state index in [0.717, 1.165) is 41.5 Å². The quantitative estimate of drug-likeness (QED) is 0.637. The van der Waals surface area contributed by atoms with Crippen LogP contribution in [0.3, 0.4) is 0 Å². The molecule has 1 aromatic heterocycles. The molecular formula is C21H27N5O5S. The number of anilines is 1. The van der Waals surface area contributed by atoms with Crippen molar-refractivity contribution >= 4 is 21.6 Å². The zero-order valence-corrected chi connectivity index (χ0v) is 18.7. The van der Waals surface area contributed by atoms with Crippen molar-refractivity contribution in [1.29, 1.82) is 0 Å². The molecule has 0 saturated heterocycles. The maximum atomic E-state index is 13.2. The Kier molecular flexibility index (Phi) is 5.44. The van der Waals surface area contributed by atoms with Gasteiger partial charge in [-0.3, -0.25) is 0 Å². The normalized spacial score (nSPS) is 23.0. The van der Waals surface area contributed by atoms with Gasteiger partial charge >= 0.3 is 6.03 Å². The maximum absolute atomic E-state index is 13.2. The van der Waals surface area contributed by atoms with Crippen LogP contribution in [0.2, 0.25) is 0 Å². The number of hydrogen-bond donors (Lipinski definition) is 3. The fourth-order valence-electron chi connectivity index (χ4n) is 4.86. The van der Waals surface area contributed by atoms with Gasteiger partial charge in [0.05, 0.1) is 18.8 Å². The molecule has 172 valence electrons. The number of benzene rings is 1. The molecule has 3 aliphatic rings. The smallest absolute Gasteiger partial charge is 0.354 e. The van der Waals surface area contributed by atoms with Gasteiger partial charge in [0, 0.05) is 12.3 Å². The highest BCUT2D eigenvalue weighted by atomic mass is 32.2. The number of fused-ring (bicyclic) bond motifs is 3. The molecule has 2 heterocycles. The second-order valence-corrected chi connectivity index (χ2v) is 10.1. The third-order valence-electron chi connectivity index (χ3n) is 6.28. The van der Waals surface area contributed by atoms with Gasteiger partial charge in [0.2, 0.25) is 5.88 Å². The lowest BCUT2D eigenvalue weighted by molar-refractivity contribution is -0.00758. The number of rotatable bonds is 4. The molecule has 0 fully saturated rings. The van der Waals surface area contributed by atoms with Crippen LogP contribution in [-0.2, 0) is 40.5 Å². The molecule has 2 amide bonds. The Morgan fingerprint density at radius 1 is 1.44 bits per heavy atom. The molecule has 3 unspecified atom stereocenters. The van der Waals surface area contributed by atoms with Crippen molar-refractivity contribution in [3.8, 4) is 5.88 Å². The highest BCUT2D eigenvalue weighted by Crippen LogP contribution is 2.42. The van der Waals surface area contributed by atoms with Gasteiger partial charge in [0.25, 0.3) is 0 Å². The molecule has 1 aliphatic heterocycles. The molecule has 0 saturated carbocycles. The summed E-state index contributed by atoms with van der Waals surface area (Å²) >= 11 is 0. The van der Waals surface area contributed by atoms with E-state index in [4.69, 9.17) is 14.6 Å². The third-order valence-corrected chi connectivity index (χ3v) is 7.63. The molecule has 11 heteroatoms. The fraction of sp³-hybridized carbons (Fsp3) is 0.524. The van der Waals surface area contributed by atoms with Crippen molar-refractivity contribution in [2.45, 2.75) is 62.7 Å². The van der Waals surface area contributed by atoms with Crippen molar-refractivity contribution in [3.63, 3.8) is 0 Å². The zero-order valence-electron chi connectivity index (χ0n) is 17.9. The van der Waals surface area contributed by atoms with E-state index in [1.807, 2.05) is 6.92 Å². The first-order chi connectivity index (χ1) is 15.4. The number of aliphatic hydroxyl groups is 1. The van der Waals surface area contributed by atoms with Crippen LogP contribution in [0.1, 0.15) is 48.1 Å². The Hall–Kier alpha value is -2.47. The van der Waals surface area contributed by atoms with Crippen LogP contribution in [0.15, 0.2) is 21.5 Å². The molecule has 32 heavy (non-hydrogen) atoms. The highest BCUT2D eigenvalue weighted by Gasteiger charge is 2.31. The summed E-state index contributed by atoms with van der Waals surface area (Å²) in [5.74, 6) is 0.245. The SMILES string of the molecule is CCOC1COc2c(S(N)(=O)=NC(=O)Nc3c4c(cc5c3CCC5O)CCC4)cnn2C1. The van der Waals surface area contributed by atoms with Gasteiger partial charge in [-0.25, -0.2) is 18.8 Å². The predicted octanol–water partition coefficient (Wildman–Crippen LogP) is 2.08. The van der Waals surface area contributed by atoms with Crippen LogP contribution >= 0.6 is 0 Å². The number of carbonyl (C=O) groups is 1. The molecule has 4 N–H and O–H groups in total. The average molecular weight is 462 g/mol. The maximum Gasteiger partial charge on any atom is 0.354 e. The van der Waals surface area contributed by atoms with Gasteiger partial charge in [-0.05, 0) is 61.3 Å². The lowest BCUT2D eigenvalue weighted by Gasteiger charge is -2.24. The third kappa shape index (κ3) is 3.68. The lowest BCUT2D eigenvalue weighted by Crippen LogP contribution is -2.33. The summed E-state index contributed by atoms with van der Waals surface area (Å²) < 4.78 is 29.8. The monoisotopic (exact) mass is 461 g/mol. The first kappa shape index (κ1) is 21.4. The molecule has 0 bridgehead atoms. The molecule has 0 spiro atoms. The Balaban J connectivity index is 1.43. The number of aliphatic hydroxyl groups excluding tert-OH is 1. The van der Waals surface area contributed by atoms with E-state index in [1.54, 1.807) is 0 Å². The number of amides is 2. The van der Waals surface area contributed by atoms with E-state index >= 15 is 0 Å². The molecule has 5 rings (SSSR count). The van der Waals surface area contributed by atoms with Gasteiger partial charge in [0.1, 0.15) is 17.6 Å². The van der Waals surface area contributed by atoms with E-state index in [0.29, 0.717) is 31.7 Å². The summed E-state index contributed by atoms with van der Waals surface area (Å²) in [5, 5.41) is 23.3. The van der Waals surface area contributed by atoms with Crippen LogP contribution < -0.4 is 15.2 Å². The number of hydrogen-bond acceptors (Lipinski definition) is 6. The fourth-order valence-corrected chi connectivity index (χ4v) is 5.86. The molecule has 10 nitrogen and oxygen atoms in total. The molecule has 3 atom stereocenters. The molecule has 2 aliphatic carbocycles. The number of urea groups is 1. The summed E-state index contributed by atoms with van der Waals surface area (Å²) in [6.45, 7) is 3.16. The summed E-state index contributed by atoms with van der Waals surface area (Å²) in [6, 6.07) is 1.27. The zero-order chi connectivity index (χ0) is 22.5. The Bertz CT molecular complexity index is 1200. The Morgan fingerprint density at radius 3 is 3.09 bits per heavy atom. The number of nitrogens with two attached hydrogens (primary N) is 1. The van der Waals surface area contributed by atoms with Gasteiger partial charge in [-0.1, -0.05) is 6.07 Å². The molecule has 2 aromatic rings. The van der Waals surface area contributed by atoms with E-state index in [2.05, 4.69) is 20.8 Å². The van der Waals surface area contributed by atoms with Crippen LogP contribution in [0.4, 0.5) is 10.5 Å². The van der Waals surface area contributed by atoms with Crippen LogP contribution in [-0.4, -0.2) is 44.4 Å². The van der Waals surface area contributed by atoms with E-state index < -0.39 is 22.1 Å². The van der Waals surface area contributed by atoms with E-state index in [1.165, 1.54) is 10.9 Å². The molecule has 0 radical (unpaired) electrons. The van der Waals surface area contributed by atoms with E-state index in [9.17, 15) is 14.1 Å². The standard InChI is InChI=1S/C21H27N5O5S/c1-2-30-13-10-26-20(31-11-13)18(9-23-26)32(22,29)25-21(28)24-19-14-5-3-4-12(14)8-16-15(19)6-7-17(16)27/h8-9,13,17,27H,2-7,10-11H2,1H3,(H3,22,24,25,28,29). The summed E-state index contributed by atoms with van der Waals surface area (Å²) in [7, 11) is -3.58. The number of ether oxygens (including phenoxy) is 2. The summed E-state index contributed by atoms with van der Waals surface area (Å²) in [6.07, 6.45) is 4.67. The minimum Gasteiger partial charge on any atom is -0.474 e.